The summed E-state index contributed by atoms with van der Waals surface area (Å²) in [6, 6.07) is 1.96. The molecular formula is C14H22N4. The Hall–Kier alpha value is -1.16. The van der Waals surface area contributed by atoms with Crippen LogP contribution in [0.4, 0.5) is 5.82 Å². The largest absolute Gasteiger partial charge is 0.308 e. The topological polar surface area (TPSA) is 63.8 Å². The standard InChI is InChI=1S/C14H22N4/c1-8(2)12-7-13(18-15)17-14(16-12)11-6-9-3-4-10(11)5-9/h7-11H,3-6,15H2,1-2H3,(H,16,17,18). The molecule has 2 fully saturated rings. The molecule has 2 bridgehead atoms. The van der Waals surface area contributed by atoms with Crippen molar-refractivity contribution in [1.29, 1.82) is 0 Å². The van der Waals surface area contributed by atoms with Crippen LogP contribution in [-0.4, -0.2) is 9.97 Å². The summed E-state index contributed by atoms with van der Waals surface area (Å²) in [6.45, 7) is 4.32. The molecule has 3 unspecified atom stereocenters. The number of rotatable bonds is 3. The molecule has 4 nitrogen and oxygen atoms in total. The van der Waals surface area contributed by atoms with Crippen LogP contribution in [0.15, 0.2) is 6.07 Å². The van der Waals surface area contributed by atoms with Crippen molar-refractivity contribution in [2.24, 2.45) is 17.7 Å². The number of nitrogens with one attached hydrogen (secondary N) is 1. The maximum atomic E-state index is 5.52. The number of hydrogen-bond donors (Lipinski definition) is 2. The normalized spacial score (nSPS) is 30.1. The van der Waals surface area contributed by atoms with Crippen molar-refractivity contribution in [3.63, 3.8) is 0 Å². The van der Waals surface area contributed by atoms with E-state index in [0.29, 0.717) is 11.8 Å². The van der Waals surface area contributed by atoms with Crippen LogP contribution in [-0.2, 0) is 0 Å². The van der Waals surface area contributed by atoms with Gasteiger partial charge in [0, 0.05) is 17.7 Å². The highest BCUT2D eigenvalue weighted by Crippen LogP contribution is 2.52. The molecule has 0 radical (unpaired) electrons. The molecule has 18 heavy (non-hydrogen) atoms. The van der Waals surface area contributed by atoms with Crippen LogP contribution in [0.5, 0.6) is 0 Å². The molecule has 3 rings (SSSR count). The molecular weight excluding hydrogens is 224 g/mol. The maximum Gasteiger partial charge on any atom is 0.143 e. The van der Waals surface area contributed by atoms with E-state index in [0.717, 1.165) is 29.2 Å². The van der Waals surface area contributed by atoms with Gasteiger partial charge in [-0.05, 0) is 37.0 Å². The first kappa shape index (κ1) is 11.9. The summed E-state index contributed by atoms with van der Waals surface area (Å²) < 4.78 is 0. The molecule has 1 aromatic rings. The summed E-state index contributed by atoms with van der Waals surface area (Å²) in [6.07, 6.45) is 5.42. The Morgan fingerprint density at radius 2 is 2.11 bits per heavy atom. The van der Waals surface area contributed by atoms with Crippen LogP contribution in [0.1, 0.15) is 62.9 Å². The van der Waals surface area contributed by atoms with E-state index >= 15 is 0 Å². The third kappa shape index (κ3) is 1.99. The van der Waals surface area contributed by atoms with Crippen LogP contribution in [0.25, 0.3) is 0 Å². The summed E-state index contributed by atoms with van der Waals surface area (Å²) >= 11 is 0. The Labute approximate surface area is 108 Å². The first-order valence-corrected chi connectivity index (χ1v) is 7.03. The number of hydrazine groups is 1. The van der Waals surface area contributed by atoms with Crippen molar-refractivity contribution in [3.8, 4) is 0 Å². The highest BCUT2D eigenvalue weighted by Gasteiger charge is 2.41. The zero-order valence-electron chi connectivity index (χ0n) is 11.2. The molecule has 0 saturated heterocycles. The molecule has 0 spiro atoms. The number of aromatic nitrogens is 2. The monoisotopic (exact) mass is 246 g/mol. The number of nitrogen functional groups attached to an aromatic ring is 1. The van der Waals surface area contributed by atoms with Gasteiger partial charge in [-0.3, -0.25) is 0 Å². The van der Waals surface area contributed by atoms with Crippen LogP contribution in [0.3, 0.4) is 0 Å². The number of anilines is 1. The second kappa shape index (κ2) is 4.50. The lowest BCUT2D eigenvalue weighted by Crippen LogP contribution is -2.17. The van der Waals surface area contributed by atoms with Crippen molar-refractivity contribution in [2.45, 2.75) is 51.4 Å². The minimum Gasteiger partial charge on any atom is -0.308 e. The Balaban J connectivity index is 1.93. The van der Waals surface area contributed by atoms with Gasteiger partial charge in [-0.2, -0.15) is 0 Å². The molecule has 2 saturated carbocycles. The summed E-state index contributed by atoms with van der Waals surface area (Å²) in [5, 5.41) is 0. The molecule has 0 aromatic carbocycles. The van der Waals surface area contributed by atoms with Gasteiger partial charge in [-0.15, -0.1) is 0 Å². The average molecular weight is 246 g/mol. The SMILES string of the molecule is CC(C)c1cc(NN)nc(C2CC3CCC2C3)n1. The van der Waals surface area contributed by atoms with Crippen molar-refractivity contribution in [1.82, 2.24) is 9.97 Å². The van der Waals surface area contributed by atoms with Gasteiger partial charge in [-0.25, -0.2) is 15.8 Å². The zero-order valence-corrected chi connectivity index (χ0v) is 11.2. The fraction of sp³-hybridized carbons (Fsp3) is 0.714. The van der Waals surface area contributed by atoms with Gasteiger partial charge in [0.05, 0.1) is 0 Å². The molecule has 4 heteroatoms. The van der Waals surface area contributed by atoms with Crippen LogP contribution < -0.4 is 11.3 Å². The Bertz CT molecular complexity index is 443. The Morgan fingerprint density at radius 3 is 2.67 bits per heavy atom. The van der Waals surface area contributed by atoms with Crippen molar-refractivity contribution < 1.29 is 0 Å². The van der Waals surface area contributed by atoms with E-state index in [1.165, 1.54) is 25.7 Å². The highest BCUT2D eigenvalue weighted by molar-refractivity contribution is 5.36. The van der Waals surface area contributed by atoms with Crippen LogP contribution in [0, 0.1) is 11.8 Å². The van der Waals surface area contributed by atoms with E-state index in [4.69, 9.17) is 10.8 Å². The first-order chi connectivity index (χ1) is 8.67. The molecule has 3 N–H and O–H groups in total. The number of nitrogens with two attached hydrogens (primary N) is 1. The van der Waals surface area contributed by atoms with E-state index in [-0.39, 0.29) is 0 Å². The van der Waals surface area contributed by atoms with E-state index in [9.17, 15) is 0 Å². The van der Waals surface area contributed by atoms with Gasteiger partial charge in [0.1, 0.15) is 11.6 Å². The minimum atomic E-state index is 0.414. The van der Waals surface area contributed by atoms with E-state index in [1.54, 1.807) is 0 Å². The van der Waals surface area contributed by atoms with Crippen molar-refractivity contribution in [2.75, 3.05) is 5.43 Å². The van der Waals surface area contributed by atoms with Crippen molar-refractivity contribution in [3.05, 3.63) is 17.6 Å². The summed E-state index contributed by atoms with van der Waals surface area (Å²) in [5.41, 5.74) is 3.77. The lowest BCUT2D eigenvalue weighted by atomic mass is 9.88. The molecule has 1 heterocycles. The van der Waals surface area contributed by atoms with Crippen molar-refractivity contribution >= 4 is 5.82 Å². The van der Waals surface area contributed by atoms with E-state index in [2.05, 4.69) is 24.3 Å². The third-order valence-electron chi connectivity index (χ3n) is 4.57. The minimum absolute atomic E-state index is 0.414. The molecule has 2 aliphatic carbocycles. The van der Waals surface area contributed by atoms with Gasteiger partial charge >= 0.3 is 0 Å². The predicted molar refractivity (Wildman–Crippen MR) is 72.1 cm³/mol. The second-order valence-corrected chi connectivity index (χ2v) is 6.12. The zero-order chi connectivity index (χ0) is 12.7. The third-order valence-corrected chi connectivity index (χ3v) is 4.57. The molecule has 2 aliphatic rings. The number of nitrogens with zero attached hydrogens (tertiary/aromatic N) is 2. The van der Waals surface area contributed by atoms with Gasteiger partial charge in [-0.1, -0.05) is 20.3 Å². The molecule has 98 valence electrons. The molecule has 0 aliphatic heterocycles. The quantitative estimate of drug-likeness (QED) is 0.636. The lowest BCUT2D eigenvalue weighted by molar-refractivity contribution is 0.404. The Kier molecular flexibility index (Phi) is 2.98. The van der Waals surface area contributed by atoms with Gasteiger partial charge in [0.15, 0.2) is 0 Å². The fourth-order valence-corrected chi connectivity index (χ4v) is 3.58. The summed E-state index contributed by atoms with van der Waals surface area (Å²) in [4.78, 5) is 9.36. The first-order valence-electron chi connectivity index (χ1n) is 7.03. The molecule has 1 aromatic heterocycles. The molecule has 3 atom stereocenters. The lowest BCUT2D eigenvalue weighted by Gasteiger charge is -2.21. The maximum absolute atomic E-state index is 5.52. The van der Waals surface area contributed by atoms with Gasteiger partial charge in [0.2, 0.25) is 0 Å². The van der Waals surface area contributed by atoms with E-state index < -0.39 is 0 Å². The summed E-state index contributed by atoms with van der Waals surface area (Å²) in [5.74, 6) is 10.00. The van der Waals surface area contributed by atoms with Gasteiger partial charge in [0.25, 0.3) is 0 Å². The molecule has 0 amide bonds. The number of fused-ring (bicyclic) bond motifs is 2. The summed E-state index contributed by atoms with van der Waals surface area (Å²) in [7, 11) is 0. The highest BCUT2D eigenvalue weighted by atomic mass is 15.3. The smallest absolute Gasteiger partial charge is 0.143 e. The van der Waals surface area contributed by atoms with E-state index in [1.807, 2.05) is 6.07 Å². The predicted octanol–water partition coefficient (Wildman–Crippen LogP) is 2.79. The Morgan fingerprint density at radius 1 is 1.28 bits per heavy atom. The average Bonchev–Trinajstić information content (AvgIpc) is 3.00. The fourth-order valence-electron chi connectivity index (χ4n) is 3.58. The van der Waals surface area contributed by atoms with Gasteiger partial charge < -0.3 is 5.43 Å². The number of hydrogen-bond acceptors (Lipinski definition) is 4. The van der Waals surface area contributed by atoms with Crippen LogP contribution >= 0.6 is 0 Å². The second-order valence-electron chi connectivity index (χ2n) is 6.12. The van der Waals surface area contributed by atoms with Crippen LogP contribution in [0.2, 0.25) is 0 Å².